The lowest BCUT2D eigenvalue weighted by Crippen LogP contribution is -2.19. The number of aromatic nitrogens is 2. The third-order valence-corrected chi connectivity index (χ3v) is 6.39. The van der Waals surface area contributed by atoms with Gasteiger partial charge in [0.2, 0.25) is 5.78 Å². The molecule has 0 bridgehead atoms. The van der Waals surface area contributed by atoms with Crippen molar-refractivity contribution in [2.24, 2.45) is 5.73 Å². The molecule has 3 rings (SSSR count). The topological polar surface area (TPSA) is 132 Å². The minimum atomic E-state index is -4.77. The van der Waals surface area contributed by atoms with Gasteiger partial charge >= 0.3 is 6.18 Å². The van der Waals surface area contributed by atoms with Gasteiger partial charge in [0.05, 0.1) is 34.1 Å². The summed E-state index contributed by atoms with van der Waals surface area (Å²) in [5.74, 6) is -1.04. The lowest BCUT2D eigenvalue weighted by molar-refractivity contribution is -0.138. The summed E-state index contributed by atoms with van der Waals surface area (Å²) in [6, 6.07) is 6.32. The van der Waals surface area contributed by atoms with Gasteiger partial charge in [0.25, 0.3) is 10.0 Å². The van der Waals surface area contributed by atoms with Crippen molar-refractivity contribution < 1.29 is 31.2 Å². The number of nitrogens with one attached hydrogen (secondary N) is 1. The molecule has 0 unspecified atom stereocenters. The average Bonchev–Trinajstić information content (AvgIpc) is 2.78. The number of rotatable bonds is 8. The van der Waals surface area contributed by atoms with Crippen LogP contribution in [0.25, 0.3) is 0 Å². The summed E-state index contributed by atoms with van der Waals surface area (Å²) in [7, 11) is -4.57. The Morgan fingerprint density at radius 2 is 1.83 bits per heavy atom. The first-order valence-electron chi connectivity index (χ1n) is 9.89. The number of sulfonamides is 1. The molecule has 0 saturated carbocycles. The van der Waals surface area contributed by atoms with Gasteiger partial charge in [-0.1, -0.05) is 17.7 Å². The number of Topliss-reactive ketones (excluding diaryl/α,β-unsaturated/α-hetero) is 1. The van der Waals surface area contributed by atoms with Crippen LogP contribution in [0.2, 0.25) is 5.02 Å². The Labute approximate surface area is 203 Å². The minimum absolute atomic E-state index is 0.0249. The van der Waals surface area contributed by atoms with Gasteiger partial charge in [0, 0.05) is 23.7 Å². The van der Waals surface area contributed by atoms with Gasteiger partial charge in [-0.15, -0.1) is 0 Å². The van der Waals surface area contributed by atoms with Gasteiger partial charge in [-0.25, -0.2) is 13.4 Å². The van der Waals surface area contributed by atoms with E-state index in [-0.39, 0.29) is 52.0 Å². The van der Waals surface area contributed by atoms with Crippen molar-refractivity contribution in [3.05, 3.63) is 81.9 Å². The van der Waals surface area contributed by atoms with E-state index in [4.69, 9.17) is 17.3 Å². The smallest absolute Gasteiger partial charge is 0.324 e. The number of aryl methyl sites for hydroxylation is 1. The van der Waals surface area contributed by atoms with Crippen LogP contribution >= 0.6 is 11.6 Å². The molecule has 0 amide bonds. The normalized spacial score (nSPS) is 11.8. The van der Waals surface area contributed by atoms with E-state index in [0.717, 1.165) is 24.4 Å². The van der Waals surface area contributed by atoms with E-state index in [1.165, 1.54) is 25.3 Å². The number of nitrogens with two attached hydrogens (primary N) is 1. The Balaban J connectivity index is 2.00. The summed E-state index contributed by atoms with van der Waals surface area (Å²) in [6.45, 7) is 0.994. The molecule has 0 saturated heterocycles. The molecule has 2 heterocycles. The molecule has 13 heteroatoms. The van der Waals surface area contributed by atoms with Crippen molar-refractivity contribution in [1.29, 1.82) is 0 Å². The number of ketones is 2. The van der Waals surface area contributed by atoms with Gasteiger partial charge in [-0.2, -0.15) is 13.2 Å². The Kier molecular flexibility index (Phi) is 7.58. The number of halogens is 4. The highest BCUT2D eigenvalue weighted by Gasteiger charge is 2.34. The number of nitrogens with zero attached hydrogens (tertiary/aromatic N) is 2. The summed E-state index contributed by atoms with van der Waals surface area (Å²) < 4.78 is 67.7. The number of alkyl halides is 3. The van der Waals surface area contributed by atoms with Gasteiger partial charge in [-0.05, 0) is 42.8 Å². The third-order valence-electron chi connectivity index (χ3n) is 4.82. The van der Waals surface area contributed by atoms with Gasteiger partial charge in [-0.3, -0.25) is 19.3 Å². The van der Waals surface area contributed by atoms with E-state index in [0.29, 0.717) is 6.07 Å². The highest BCUT2D eigenvalue weighted by molar-refractivity contribution is 7.92. The molecule has 35 heavy (non-hydrogen) atoms. The summed E-state index contributed by atoms with van der Waals surface area (Å²) >= 11 is 5.93. The third kappa shape index (κ3) is 6.21. The molecule has 0 spiro atoms. The van der Waals surface area contributed by atoms with E-state index in [2.05, 4.69) is 14.7 Å². The van der Waals surface area contributed by atoms with Crippen molar-refractivity contribution in [2.45, 2.75) is 24.4 Å². The molecule has 3 N–H and O–H groups in total. The Morgan fingerprint density at radius 3 is 2.49 bits per heavy atom. The molecule has 0 aliphatic heterocycles. The summed E-state index contributed by atoms with van der Waals surface area (Å²) in [4.78, 5) is 32.0. The van der Waals surface area contributed by atoms with Gasteiger partial charge in [0.15, 0.2) is 5.78 Å². The monoisotopic (exact) mass is 526 g/mol. The van der Waals surface area contributed by atoms with Crippen LogP contribution in [0, 0.1) is 6.92 Å². The zero-order valence-electron chi connectivity index (χ0n) is 18.1. The summed E-state index contributed by atoms with van der Waals surface area (Å²) in [6.07, 6.45) is -2.48. The van der Waals surface area contributed by atoms with Crippen molar-refractivity contribution in [3.8, 4) is 0 Å². The van der Waals surface area contributed by atoms with Crippen LogP contribution in [0.4, 0.5) is 18.9 Å². The fourth-order valence-corrected chi connectivity index (χ4v) is 4.34. The van der Waals surface area contributed by atoms with Crippen LogP contribution in [0.5, 0.6) is 0 Å². The van der Waals surface area contributed by atoms with Crippen molar-refractivity contribution in [3.63, 3.8) is 0 Å². The Bertz CT molecular complexity index is 1410. The molecule has 0 aliphatic carbocycles. The Morgan fingerprint density at radius 1 is 1.11 bits per heavy atom. The quantitative estimate of drug-likeness (QED) is 0.429. The highest BCUT2D eigenvalue weighted by Crippen LogP contribution is 2.34. The van der Waals surface area contributed by atoms with E-state index in [1.54, 1.807) is 0 Å². The zero-order valence-corrected chi connectivity index (χ0v) is 19.6. The molecule has 0 atom stereocenters. The van der Waals surface area contributed by atoms with Crippen LogP contribution in [0.1, 0.15) is 32.9 Å². The van der Waals surface area contributed by atoms with Gasteiger partial charge < -0.3 is 5.73 Å². The molecule has 2 aromatic heterocycles. The molecule has 0 fully saturated rings. The number of carbonyl (C=O) groups excluding carboxylic acids is 2. The second kappa shape index (κ2) is 10.1. The molecule has 184 valence electrons. The van der Waals surface area contributed by atoms with Crippen LogP contribution in [0.15, 0.2) is 53.7 Å². The molecular formula is C22H18ClF3N4O4S. The maximum absolute atomic E-state index is 13.3. The van der Waals surface area contributed by atoms with Crippen LogP contribution < -0.4 is 10.5 Å². The van der Waals surface area contributed by atoms with Crippen molar-refractivity contribution >= 4 is 38.9 Å². The van der Waals surface area contributed by atoms with E-state index in [1.807, 2.05) is 0 Å². The lowest BCUT2D eigenvalue weighted by Gasteiger charge is -2.15. The van der Waals surface area contributed by atoms with Gasteiger partial charge in [0.1, 0.15) is 5.69 Å². The molecule has 3 aromatic rings. The minimum Gasteiger partial charge on any atom is -0.324 e. The maximum Gasteiger partial charge on any atom is 0.416 e. The predicted molar refractivity (Wildman–Crippen MR) is 122 cm³/mol. The molecule has 0 aliphatic rings. The van der Waals surface area contributed by atoms with E-state index < -0.39 is 32.4 Å². The second-order valence-corrected chi connectivity index (χ2v) is 9.53. The molecular weight excluding hydrogens is 509 g/mol. The summed E-state index contributed by atoms with van der Waals surface area (Å²) in [5, 5.41) is -0.0249. The Hall–Kier alpha value is -3.35. The predicted octanol–water partition coefficient (Wildman–Crippen LogP) is 3.56. The van der Waals surface area contributed by atoms with Crippen LogP contribution in [0.3, 0.4) is 0 Å². The van der Waals surface area contributed by atoms with Crippen molar-refractivity contribution in [1.82, 2.24) is 9.97 Å². The molecule has 1 aromatic carbocycles. The van der Waals surface area contributed by atoms with Crippen molar-refractivity contribution in [2.75, 3.05) is 11.3 Å². The first-order chi connectivity index (χ1) is 16.3. The number of pyridine rings is 2. The van der Waals surface area contributed by atoms with E-state index >= 15 is 0 Å². The first-order valence-corrected chi connectivity index (χ1v) is 11.8. The number of carbonyl (C=O) groups is 2. The number of hydrogen-bond acceptors (Lipinski definition) is 7. The standard InChI is InChI=1S/C22H18ClF3N4O4S/c1-12-2-3-17(9-18(12)22(24,25)26)35(33,34)30-19-7-14(23)11-29-20(19)21(32)13-4-5-28-15(6-13)8-16(31)10-27/h2-7,9,11,30H,8,10,27H2,1H3. The molecule has 8 nitrogen and oxygen atoms in total. The first kappa shape index (κ1) is 26.3. The highest BCUT2D eigenvalue weighted by atomic mass is 35.5. The lowest BCUT2D eigenvalue weighted by atomic mass is 10.1. The zero-order chi connectivity index (χ0) is 26.0. The summed E-state index contributed by atoms with van der Waals surface area (Å²) in [5.41, 5.74) is 3.64. The fourth-order valence-electron chi connectivity index (χ4n) is 3.10. The SMILES string of the molecule is Cc1ccc(S(=O)(=O)Nc2cc(Cl)cnc2C(=O)c2ccnc(CC(=O)CN)c2)cc1C(F)(F)F. The van der Waals surface area contributed by atoms with Crippen LogP contribution in [-0.4, -0.2) is 36.5 Å². The van der Waals surface area contributed by atoms with E-state index in [9.17, 15) is 31.2 Å². The second-order valence-electron chi connectivity index (χ2n) is 7.41. The number of benzene rings is 1. The number of anilines is 1. The fraction of sp³-hybridized carbons (Fsp3) is 0.182. The average molecular weight is 527 g/mol. The molecule has 0 radical (unpaired) electrons. The number of hydrogen-bond donors (Lipinski definition) is 2. The maximum atomic E-state index is 13.3. The van der Waals surface area contributed by atoms with Crippen LogP contribution in [-0.2, 0) is 27.4 Å². The largest absolute Gasteiger partial charge is 0.416 e.